The maximum absolute atomic E-state index is 6.48. The van der Waals surface area contributed by atoms with Crippen molar-refractivity contribution in [1.29, 1.82) is 0 Å². The maximum atomic E-state index is 6.48. The molecule has 0 aliphatic heterocycles. The van der Waals surface area contributed by atoms with Gasteiger partial charge in [-0.05, 0) is 229 Å². The first kappa shape index (κ1) is 81.3. The summed E-state index contributed by atoms with van der Waals surface area (Å²) >= 11 is 0. The Morgan fingerprint density at radius 3 is 1.13 bits per heavy atom. The first-order valence-corrected chi connectivity index (χ1v) is 47.2. The minimum absolute atomic E-state index is 0.645. The fourth-order valence-corrected chi connectivity index (χ4v) is 22.2. The van der Waals surface area contributed by atoms with Gasteiger partial charge in [0.25, 0.3) is 0 Å². The number of fused-ring (bicyclic) bond motifs is 29. The molecule has 0 radical (unpaired) electrons. The number of aromatic nitrogens is 2. The number of aryl methyl sites for hydroxylation is 6. The Bertz CT molecular complexity index is 8930. The summed E-state index contributed by atoms with van der Waals surface area (Å²) in [5.74, 6) is 1.31. The minimum Gasteiger partial charge on any atom is -0.455 e. The average molecular weight is 1710 g/mol. The highest BCUT2D eigenvalue weighted by atomic mass is 16.3. The van der Waals surface area contributed by atoms with Crippen LogP contribution < -0.4 is 0 Å². The topological polar surface area (TPSA) is 62.4 Å². The molecule has 132 heavy (non-hydrogen) atoms. The van der Waals surface area contributed by atoms with E-state index in [1.165, 1.54) is 260 Å². The maximum Gasteiger partial charge on any atom is 0.143 e. The second kappa shape index (κ2) is 34.3. The normalized spacial score (nSPS) is 13.3. The van der Waals surface area contributed by atoms with E-state index in [0.717, 1.165) is 55.8 Å². The van der Waals surface area contributed by atoms with Gasteiger partial charge in [-0.2, -0.15) is 0 Å². The Balaban J connectivity index is 0.0000000902. The molecule has 26 aromatic rings. The molecule has 6 aromatic heterocycles. The van der Waals surface area contributed by atoms with Gasteiger partial charge in [-0.3, -0.25) is 0 Å². The lowest BCUT2D eigenvalue weighted by atomic mass is 9.82. The summed E-state index contributed by atoms with van der Waals surface area (Å²) in [6.45, 7) is 8.54. The van der Waals surface area contributed by atoms with Crippen LogP contribution in [-0.4, -0.2) is 9.13 Å². The van der Waals surface area contributed by atoms with Crippen LogP contribution in [0.3, 0.4) is 0 Å². The largest absolute Gasteiger partial charge is 0.455 e. The lowest BCUT2D eigenvalue weighted by Crippen LogP contribution is -2.04. The Labute approximate surface area is 767 Å². The number of benzene rings is 20. The zero-order chi connectivity index (χ0) is 88.6. The van der Waals surface area contributed by atoms with E-state index in [9.17, 15) is 0 Å². The molecular weight excluding hydrogens is 1610 g/mol. The van der Waals surface area contributed by atoms with Crippen molar-refractivity contribution >= 4 is 196 Å². The van der Waals surface area contributed by atoms with Gasteiger partial charge in [0.2, 0.25) is 0 Å². The van der Waals surface area contributed by atoms with Gasteiger partial charge in [0.1, 0.15) is 44.7 Å². The van der Waals surface area contributed by atoms with Crippen LogP contribution in [0.1, 0.15) is 109 Å². The van der Waals surface area contributed by atoms with E-state index >= 15 is 0 Å². The molecule has 6 heteroatoms. The number of hydrogen-bond donors (Lipinski definition) is 0. The first-order chi connectivity index (χ1) is 65.0. The molecular formula is C126H102N2O4. The fraction of sp³-hybridized carbons (Fsp3) is 0.143. The first-order valence-electron chi connectivity index (χ1n) is 47.2. The number of hydrogen-bond acceptors (Lipinski definition) is 4. The van der Waals surface area contributed by atoms with Crippen LogP contribution in [0.4, 0.5) is 0 Å². The van der Waals surface area contributed by atoms with E-state index in [0.29, 0.717) is 11.8 Å². The molecule has 6 nitrogen and oxygen atoms in total. The Morgan fingerprint density at radius 2 is 0.568 bits per heavy atom. The Hall–Kier alpha value is -15.2. The third-order valence-electron chi connectivity index (χ3n) is 28.6. The minimum atomic E-state index is 0.645. The summed E-state index contributed by atoms with van der Waals surface area (Å²) in [6.07, 6.45) is 13.4. The van der Waals surface area contributed by atoms with Gasteiger partial charge in [-0.25, -0.2) is 0 Å². The molecule has 640 valence electrons. The molecule has 28 rings (SSSR count). The summed E-state index contributed by atoms with van der Waals surface area (Å²) in [7, 11) is 4.28. The van der Waals surface area contributed by atoms with Crippen molar-refractivity contribution in [2.75, 3.05) is 0 Å². The highest BCUT2D eigenvalue weighted by Crippen LogP contribution is 2.49. The zero-order valence-electron chi connectivity index (χ0n) is 75.5. The van der Waals surface area contributed by atoms with E-state index < -0.39 is 0 Å². The van der Waals surface area contributed by atoms with Crippen LogP contribution in [0.15, 0.2) is 394 Å². The van der Waals surface area contributed by atoms with Gasteiger partial charge in [0.05, 0.1) is 0 Å². The van der Waals surface area contributed by atoms with Gasteiger partial charge in [-0.15, -0.1) is 0 Å². The smallest absolute Gasteiger partial charge is 0.143 e. The second-order valence-corrected chi connectivity index (χ2v) is 36.6. The molecule has 0 N–H and O–H groups in total. The van der Waals surface area contributed by atoms with Crippen LogP contribution in [0, 0.1) is 27.7 Å². The third-order valence-corrected chi connectivity index (χ3v) is 28.6. The Morgan fingerprint density at radius 1 is 0.197 bits per heavy atom. The molecule has 0 spiro atoms. The lowest BCUT2D eigenvalue weighted by molar-refractivity contribution is 0.442. The van der Waals surface area contributed by atoms with Gasteiger partial charge in [0.15, 0.2) is 0 Å². The van der Waals surface area contributed by atoms with E-state index in [1.54, 1.807) is 0 Å². The molecule has 2 aliphatic rings. The van der Waals surface area contributed by atoms with Crippen molar-refractivity contribution in [3.8, 4) is 22.3 Å². The molecule has 0 amide bonds. The number of rotatable bonds is 4. The Kier molecular flexibility index (Phi) is 21.1. The molecule has 2 fully saturated rings. The van der Waals surface area contributed by atoms with Crippen molar-refractivity contribution in [2.24, 2.45) is 14.1 Å². The number of furan rings is 4. The lowest BCUT2D eigenvalue weighted by Gasteiger charge is -2.22. The molecule has 2 aliphatic carbocycles. The molecule has 0 unspecified atom stereocenters. The van der Waals surface area contributed by atoms with Gasteiger partial charge in [-0.1, -0.05) is 360 Å². The summed E-state index contributed by atoms with van der Waals surface area (Å²) in [5, 5.41) is 30.9. The van der Waals surface area contributed by atoms with E-state index in [2.05, 4.69) is 415 Å². The van der Waals surface area contributed by atoms with Crippen molar-refractivity contribution in [1.82, 2.24) is 9.13 Å². The predicted molar refractivity (Wildman–Crippen MR) is 562 cm³/mol. The third kappa shape index (κ3) is 14.3. The van der Waals surface area contributed by atoms with Crippen LogP contribution in [-0.2, 0) is 14.1 Å². The fourth-order valence-electron chi connectivity index (χ4n) is 22.2. The van der Waals surface area contributed by atoms with E-state index in [1.807, 2.05) is 12.1 Å². The highest BCUT2D eigenvalue weighted by Gasteiger charge is 2.27. The predicted octanol–water partition coefficient (Wildman–Crippen LogP) is 36.6. The molecule has 0 atom stereocenters. The van der Waals surface area contributed by atoms with Crippen molar-refractivity contribution in [3.63, 3.8) is 0 Å². The summed E-state index contributed by atoms with van der Waals surface area (Å²) in [4.78, 5) is 0. The zero-order valence-corrected chi connectivity index (χ0v) is 75.5. The highest BCUT2D eigenvalue weighted by molar-refractivity contribution is 6.26. The molecule has 6 heterocycles. The summed E-state index contributed by atoms with van der Waals surface area (Å²) in [6, 6.07) is 134. The van der Waals surface area contributed by atoms with Crippen molar-refractivity contribution < 1.29 is 17.7 Å². The van der Waals surface area contributed by atoms with Gasteiger partial charge in [0, 0.05) is 112 Å². The van der Waals surface area contributed by atoms with Gasteiger partial charge < -0.3 is 26.8 Å². The van der Waals surface area contributed by atoms with Crippen molar-refractivity contribution in [3.05, 3.63) is 409 Å². The molecule has 0 saturated heterocycles. The summed E-state index contributed by atoms with van der Waals surface area (Å²) < 4.78 is 30.3. The molecule has 0 bridgehead atoms. The summed E-state index contributed by atoms with van der Waals surface area (Å²) in [5.41, 5.74) is 25.8. The van der Waals surface area contributed by atoms with E-state index in [4.69, 9.17) is 17.7 Å². The standard InChI is InChI=1S/C23H22O.C23H16O.C23H22O.C23H16O.2C17H13N/c2*1-15-8-7-13-19-21-18-12-6-5-11-17(18)14-20(23(21)24-22(15)19)16-9-3-2-4-10-16;2*1-15-14-17-10-5-6-11-18(17)21-20-13-7-12-19(23(20)24-22(15)21)16-8-3-2-4-9-16;1-18-16-9-5-4-8-14(16)15-10-12-6-2-3-7-13(12)11-17(15)18;1-18-15-9-5-4-8-14(15)17-13-7-3-2-6-12(13)10-11-16(17)18/h5-8,11-14,16H,2-4,9-10H2,1H3;2-14H,1H3;5-7,10-14,16H,2-4,8-9H2,1H3;2-14H,1H3;2*2-11H,1H3. The van der Waals surface area contributed by atoms with Crippen LogP contribution in [0.5, 0.6) is 0 Å². The monoisotopic (exact) mass is 1710 g/mol. The van der Waals surface area contributed by atoms with Crippen molar-refractivity contribution in [2.45, 2.75) is 104 Å². The van der Waals surface area contributed by atoms with Crippen LogP contribution in [0.25, 0.3) is 218 Å². The van der Waals surface area contributed by atoms with E-state index in [-0.39, 0.29) is 0 Å². The molecule has 2 saturated carbocycles. The molecule has 20 aromatic carbocycles. The second-order valence-electron chi connectivity index (χ2n) is 36.6. The quantitative estimate of drug-likeness (QED) is 0.176. The van der Waals surface area contributed by atoms with Crippen LogP contribution >= 0.6 is 0 Å². The number of nitrogens with zero attached hydrogens (tertiary/aromatic N) is 2. The average Bonchev–Trinajstić information content (AvgIpc) is 1.59. The number of para-hydroxylation sites is 6. The SMILES string of the molecule is Cc1cc2ccccc2c2c1oc1c(-c3ccccc3)cccc12.Cc1cc2ccccc2c2c1oc1c(C3CCCCC3)cccc12.Cc1cccc2c1oc1c(-c3ccccc3)cc3ccccc3c12.Cc1cccc2c1oc1c(C3CCCCC3)cc3ccccc3c12.Cn1c2ccccc2c2c3ccccc3ccc21.Cn1c2ccccc2c2cc3ccccc3cc21. The van der Waals surface area contributed by atoms with Crippen LogP contribution in [0.2, 0.25) is 0 Å². The van der Waals surface area contributed by atoms with Gasteiger partial charge >= 0.3 is 0 Å².